The van der Waals surface area contributed by atoms with E-state index in [9.17, 15) is 4.39 Å². The van der Waals surface area contributed by atoms with Gasteiger partial charge in [-0.25, -0.2) is 4.39 Å². The fourth-order valence-corrected chi connectivity index (χ4v) is 2.34. The first-order valence-corrected chi connectivity index (χ1v) is 7.09. The van der Waals surface area contributed by atoms with E-state index in [1.807, 2.05) is 30.2 Å². The average molecular weight is 326 g/mol. The summed E-state index contributed by atoms with van der Waals surface area (Å²) in [6.07, 6.45) is 4.87. The summed E-state index contributed by atoms with van der Waals surface area (Å²) in [6.45, 7) is 3.01. The van der Waals surface area contributed by atoms with Crippen LogP contribution in [0.25, 0.3) is 0 Å². The minimum Gasteiger partial charge on any atom is -0.309 e. The van der Waals surface area contributed by atoms with Crippen molar-refractivity contribution in [1.82, 2.24) is 15.1 Å². The van der Waals surface area contributed by atoms with E-state index in [1.165, 1.54) is 0 Å². The van der Waals surface area contributed by atoms with Crippen molar-refractivity contribution >= 4 is 15.9 Å². The summed E-state index contributed by atoms with van der Waals surface area (Å²) in [5.41, 5.74) is 1.93. The quantitative estimate of drug-likeness (QED) is 0.911. The molecule has 102 valence electrons. The number of nitrogens with one attached hydrogen (secondary N) is 1. The highest BCUT2D eigenvalue weighted by Gasteiger charge is 2.15. The van der Waals surface area contributed by atoms with Gasteiger partial charge in [-0.3, -0.25) is 4.68 Å². The predicted octanol–water partition coefficient (Wildman–Crippen LogP) is 3.50. The first-order valence-electron chi connectivity index (χ1n) is 6.30. The van der Waals surface area contributed by atoms with Gasteiger partial charge in [0.15, 0.2) is 0 Å². The van der Waals surface area contributed by atoms with E-state index >= 15 is 0 Å². The minimum absolute atomic E-state index is 0.0480. The second-order valence-corrected chi connectivity index (χ2v) is 5.29. The van der Waals surface area contributed by atoms with Crippen LogP contribution in [0, 0.1) is 5.82 Å². The summed E-state index contributed by atoms with van der Waals surface area (Å²) >= 11 is 3.17. The van der Waals surface area contributed by atoms with Crippen LogP contribution in [0.4, 0.5) is 4.39 Å². The smallest absolute Gasteiger partial charge is 0.137 e. The average Bonchev–Trinajstić information content (AvgIpc) is 2.83. The molecule has 1 atom stereocenters. The van der Waals surface area contributed by atoms with E-state index in [2.05, 4.69) is 33.3 Å². The van der Waals surface area contributed by atoms with Crippen LogP contribution in [0.2, 0.25) is 0 Å². The van der Waals surface area contributed by atoms with Gasteiger partial charge in [0.25, 0.3) is 0 Å². The molecule has 0 spiro atoms. The third-order valence-corrected chi connectivity index (χ3v) is 3.65. The highest BCUT2D eigenvalue weighted by Crippen LogP contribution is 2.25. The van der Waals surface area contributed by atoms with Crippen LogP contribution >= 0.6 is 15.9 Å². The molecule has 3 nitrogen and oxygen atoms in total. The molecule has 1 aromatic heterocycles. The van der Waals surface area contributed by atoms with Crippen molar-refractivity contribution in [2.75, 3.05) is 7.05 Å². The monoisotopic (exact) mass is 325 g/mol. The maximum atomic E-state index is 13.6. The molecular weight excluding hydrogens is 309 g/mol. The van der Waals surface area contributed by atoms with Gasteiger partial charge in [0, 0.05) is 18.3 Å². The molecule has 0 saturated heterocycles. The summed E-state index contributed by atoms with van der Waals surface area (Å²) < 4.78 is 16.0. The van der Waals surface area contributed by atoms with Crippen LogP contribution < -0.4 is 5.32 Å². The van der Waals surface area contributed by atoms with Crippen LogP contribution in [0.15, 0.2) is 35.1 Å². The normalized spacial score (nSPS) is 12.6. The van der Waals surface area contributed by atoms with Crippen molar-refractivity contribution in [3.63, 3.8) is 0 Å². The van der Waals surface area contributed by atoms with Crippen molar-refractivity contribution < 1.29 is 4.39 Å². The zero-order chi connectivity index (χ0) is 13.8. The Balaban J connectivity index is 2.29. The predicted molar refractivity (Wildman–Crippen MR) is 77.5 cm³/mol. The topological polar surface area (TPSA) is 29.9 Å². The third kappa shape index (κ3) is 3.22. The molecule has 1 N–H and O–H groups in total. The molecule has 5 heteroatoms. The Bertz CT molecular complexity index is 553. The standard InChI is InChI=1S/C14H17BrFN3/c1-3-6-19-9-11(8-18-19)14(17-2)10-4-5-12(15)13(16)7-10/h4-5,7-9,14,17H,3,6H2,1-2H3. The van der Waals surface area contributed by atoms with Gasteiger partial charge >= 0.3 is 0 Å². The highest BCUT2D eigenvalue weighted by atomic mass is 79.9. The van der Waals surface area contributed by atoms with E-state index in [0.717, 1.165) is 24.1 Å². The molecule has 19 heavy (non-hydrogen) atoms. The van der Waals surface area contributed by atoms with Crippen LogP contribution in [0.1, 0.15) is 30.5 Å². The molecule has 2 aromatic rings. The second kappa shape index (κ2) is 6.30. The Kier molecular flexibility index (Phi) is 4.71. The molecule has 0 radical (unpaired) electrons. The lowest BCUT2D eigenvalue weighted by atomic mass is 10.0. The van der Waals surface area contributed by atoms with Gasteiger partial charge in [-0.2, -0.15) is 5.10 Å². The Hall–Kier alpha value is -1.20. The van der Waals surface area contributed by atoms with Crippen LogP contribution in [0.5, 0.6) is 0 Å². The fourth-order valence-electron chi connectivity index (χ4n) is 2.10. The van der Waals surface area contributed by atoms with E-state index in [-0.39, 0.29) is 11.9 Å². The lowest BCUT2D eigenvalue weighted by Crippen LogP contribution is -2.17. The number of rotatable bonds is 5. The SMILES string of the molecule is CCCn1cc(C(NC)c2ccc(Br)c(F)c2)cn1. The lowest BCUT2D eigenvalue weighted by Gasteiger charge is -2.15. The van der Waals surface area contributed by atoms with Gasteiger partial charge in [-0.15, -0.1) is 0 Å². The fraction of sp³-hybridized carbons (Fsp3) is 0.357. The van der Waals surface area contributed by atoms with E-state index in [1.54, 1.807) is 12.1 Å². The summed E-state index contributed by atoms with van der Waals surface area (Å²) in [5, 5.41) is 7.52. The Morgan fingerprint density at radius 1 is 1.42 bits per heavy atom. The molecule has 0 saturated carbocycles. The molecule has 1 unspecified atom stereocenters. The molecule has 0 amide bonds. The van der Waals surface area contributed by atoms with Crippen molar-refractivity contribution in [2.24, 2.45) is 0 Å². The molecule has 0 bridgehead atoms. The molecular formula is C14H17BrFN3. The summed E-state index contributed by atoms with van der Waals surface area (Å²) in [5.74, 6) is -0.251. The van der Waals surface area contributed by atoms with E-state index in [0.29, 0.717) is 4.47 Å². The maximum absolute atomic E-state index is 13.6. The van der Waals surface area contributed by atoms with Crippen molar-refractivity contribution in [2.45, 2.75) is 25.9 Å². The largest absolute Gasteiger partial charge is 0.309 e. The van der Waals surface area contributed by atoms with Gasteiger partial charge in [0.1, 0.15) is 5.82 Å². The molecule has 1 aromatic carbocycles. The van der Waals surface area contributed by atoms with Crippen molar-refractivity contribution in [3.05, 3.63) is 52.0 Å². The summed E-state index contributed by atoms with van der Waals surface area (Å²) in [7, 11) is 1.86. The zero-order valence-corrected chi connectivity index (χ0v) is 12.6. The van der Waals surface area contributed by atoms with Crippen molar-refractivity contribution in [3.8, 4) is 0 Å². The molecule has 0 fully saturated rings. The second-order valence-electron chi connectivity index (χ2n) is 4.43. The number of hydrogen-bond donors (Lipinski definition) is 1. The Labute approximate surface area is 121 Å². The number of hydrogen-bond acceptors (Lipinski definition) is 2. The van der Waals surface area contributed by atoms with Gasteiger partial charge in [0.05, 0.1) is 16.7 Å². The number of halogens is 2. The number of nitrogens with zero attached hydrogens (tertiary/aromatic N) is 2. The zero-order valence-electron chi connectivity index (χ0n) is 11.0. The Morgan fingerprint density at radius 3 is 2.84 bits per heavy atom. The summed E-state index contributed by atoms with van der Waals surface area (Å²) in [6, 6.07) is 5.13. The first kappa shape index (κ1) is 14.2. The lowest BCUT2D eigenvalue weighted by molar-refractivity contribution is 0.599. The van der Waals surface area contributed by atoms with Crippen LogP contribution in [-0.2, 0) is 6.54 Å². The Morgan fingerprint density at radius 2 is 2.21 bits per heavy atom. The number of aromatic nitrogens is 2. The molecule has 0 aliphatic rings. The molecule has 2 rings (SSSR count). The molecule has 0 aliphatic carbocycles. The molecule has 1 heterocycles. The van der Waals surface area contributed by atoms with Crippen LogP contribution in [-0.4, -0.2) is 16.8 Å². The highest BCUT2D eigenvalue weighted by molar-refractivity contribution is 9.10. The van der Waals surface area contributed by atoms with Crippen LogP contribution in [0.3, 0.4) is 0 Å². The van der Waals surface area contributed by atoms with Gasteiger partial charge in [-0.05, 0) is 47.1 Å². The van der Waals surface area contributed by atoms with Gasteiger partial charge in [-0.1, -0.05) is 13.0 Å². The van der Waals surface area contributed by atoms with E-state index < -0.39 is 0 Å². The van der Waals surface area contributed by atoms with Crippen molar-refractivity contribution in [1.29, 1.82) is 0 Å². The van der Waals surface area contributed by atoms with Gasteiger partial charge in [0.2, 0.25) is 0 Å². The summed E-state index contributed by atoms with van der Waals surface area (Å²) in [4.78, 5) is 0. The first-order chi connectivity index (χ1) is 9.15. The van der Waals surface area contributed by atoms with E-state index in [4.69, 9.17) is 0 Å². The minimum atomic E-state index is -0.251. The number of aryl methyl sites for hydroxylation is 1. The number of benzene rings is 1. The maximum Gasteiger partial charge on any atom is 0.137 e. The van der Waals surface area contributed by atoms with Gasteiger partial charge < -0.3 is 5.32 Å². The third-order valence-electron chi connectivity index (χ3n) is 3.00. The molecule has 0 aliphatic heterocycles.